The van der Waals surface area contributed by atoms with E-state index in [2.05, 4.69) is 34.5 Å². The number of nitrogens with zero attached hydrogens (tertiary/aromatic N) is 1. The average molecular weight is 401 g/mol. The standard InChI is InChI=1S/C22H28N2O3S/c1-4-27-22(26)20-17-10-11-24(13-16-8-6-5-7-9-16)14-18(17)28-21(20)23-19(25)12-15(2)3/h5-9,15H,4,10-14H2,1-3H3,(H,23,25). The molecule has 0 saturated carbocycles. The molecule has 0 atom stereocenters. The lowest BCUT2D eigenvalue weighted by molar-refractivity contribution is -0.116. The zero-order chi connectivity index (χ0) is 20.1. The number of anilines is 1. The summed E-state index contributed by atoms with van der Waals surface area (Å²) in [5.74, 6) is -0.126. The van der Waals surface area contributed by atoms with Crippen molar-refractivity contribution >= 4 is 28.2 Å². The first-order chi connectivity index (χ1) is 13.5. The van der Waals surface area contributed by atoms with Gasteiger partial charge in [-0.25, -0.2) is 4.79 Å². The van der Waals surface area contributed by atoms with Gasteiger partial charge in [0.2, 0.25) is 5.91 Å². The molecule has 3 rings (SSSR count). The zero-order valence-electron chi connectivity index (χ0n) is 16.8. The maximum atomic E-state index is 12.6. The molecule has 0 bridgehead atoms. The van der Waals surface area contributed by atoms with Crippen LogP contribution in [-0.2, 0) is 29.0 Å². The number of hydrogen-bond donors (Lipinski definition) is 1. The first-order valence-electron chi connectivity index (χ1n) is 9.85. The number of esters is 1. The van der Waals surface area contributed by atoms with Crippen LogP contribution >= 0.6 is 11.3 Å². The van der Waals surface area contributed by atoms with E-state index >= 15 is 0 Å². The largest absolute Gasteiger partial charge is 0.462 e. The van der Waals surface area contributed by atoms with Crippen LogP contribution in [0.25, 0.3) is 0 Å². The van der Waals surface area contributed by atoms with Crippen LogP contribution in [0.3, 0.4) is 0 Å². The Bertz CT molecular complexity index is 830. The Morgan fingerprint density at radius 3 is 2.68 bits per heavy atom. The number of nitrogens with one attached hydrogen (secondary N) is 1. The molecule has 150 valence electrons. The van der Waals surface area contributed by atoms with Crippen LogP contribution < -0.4 is 5.32 Å². The van der Waals surface area contributed by atoms with Gasteiger partial charge >= 0.3 is 5.97 Å². The summed E-state index contributed by atoms with van der Waals surface area (Å²) in [5, 5.41) is 3.60. The fourth-order valence-corrected chi connectivity index (χ4v) is 4.78. The highest BCUT2D eigenvalue weighted by atomic mass is 32.1. The Morgan fingerprint density at radius 2 is 2.00 bits per heavy atom. The summed E-state index contributed by atoms with van der Waals surface area (Å²) in [4.78, 5) is 28.4. The number of hydrogen-bond acceptors (Lipinski definition) is 5. The van der Waals surface area contributed by atoms with Crippen LogP contribution in [0.1, 0.15) is 53.6 Å². The van der Waals surface area contributed by atoms with Crippen molar-refractivity contribution in [3.8, 4) is 0 Å². The normalized spacial score (nSPS) is 14.0. The molecule has 1 amide bonds. The molecule has 6 heteroatoms. The van der Waals surface area contributed by atoms with Gasteiger partial charge in [0.25, 0.3) is 0 Å². The number of amides is 1. The third kappa shape index (κ3) is 5.00. The highest BCUT2D eigenvalue weighted by Crippen LogP contribution is 2.38. The number of ether oxygens (including phenoxy) is 1. The van der Waals surface area contributed by atoms with Gasteiger partial charge in [0, 0.05) is 30.9 Å². The van der Waals surface area contributed by atoms with E-state index in [4.69, 9.17) is 4.74 Å². The van der Waals surface area contributed by atoms with E-state index in [1.807, 2.05) is 19.9 Å². The van der Waals surface area contributed by atoms with Gasteiger partial charge in [-0.2, -0.15) is 0 Å². The SMILES string of the molecule is CCOC(=O)c1c(NC(=O)CC(C)C)sc2c1CCN(Cc1ccccc1)C2. The zero-order valence-corrected chi connectivity index (χ0v) is 17.6. The predicted molar refractivity (Wildman–Crippen MR) is 113 cm³/mol. The van der Waals surface area contributed by atoms with E-state index in [9.17, 15) is 9.59 Å². The quantitative estimate of drug-likeness (QED) is 0.697. The molecule has 1 aromatic heterocycles. The van der Waals surface area contributed by atoms with Gasteiger partial charge in [-0.05, 0) is 30.4 Å². The predicted octanol–water partition coefficient (Wildman–Crippen LogP) is 4.47. The highest BCUT2D eigenvalue weighted by Gasteiger charge is 2.29. The number of rotatable bonds is 7. The maximum Gasteiger partial charge on any atom is 0.341 e. The summed E-state index contributed by atoms with van der Waals surface area (Å²) in [6.07, 6.45) is 1.22. The van der Waals surface area contributed by atoms with E-state index < -0.39 is 0 Å². The van der Waals surface area contributed by atoms with Gasteiger partial charge in [-0.1, -0.05) is 44.2 Å². The molecular weight excluding hydrogens is 372 g/mol. The summed E-state index contributed by atoms with van der Waals surface area (Å²) >= 11 is 1.51. The lowest BCUT2D eigenvalue weighted by Crippen LogP contribution is -2.29. The number of thiophene rings is 1. The van der Waals surface area contributed by atoms with Crippen LogP contribution in [-0.4, -0.2) is 29.9 Å². The van der Waals surface area contributed by atoms with Crippen molar-refractivity contribution in [1.29, 1.82) is 0 Å². The smallest absolute Gasteiger partial charge is 0.341 e. The molecule has 2 aromatic rings. The van der Waals surface area contributed by atoms with Crippen LogP contribution in [0.2, 0.25) is 0 Å². The first kappa shape index (κ1) is 20.6. The fourth-order valence-electron chi connectivity index (χ4n) is 3.49. The van der Waals surface area contributed by atoms with Crippen LogP contribution in [0.4, 0.5) is 5.00 Å². The van der Waals surface area contributed by atoms with Crippen LogP contribution in [0, 0.1) is 5.92 Å². The minimum atomic E-state index is -0.337. The minimum absolute atomic E-state index is 0.0553. The van der Waals surface area contributed by atoms with E-state index in [0.717, 1.165) is 36.5 Å². The van der Waals surface area contributed by atoms with Crippen molar-refractivity contribution in [3.05, 3.63) is 51.9 Å². The molecule has 5 nitrogen and oxygen atoms in total. The molecule has 0 unspecified atom stereocenters. The molecular formula is C22H28N2O3S. The second-order valence-electron chi connectivity index (χ2n) is 7.52. The van der Waals surface area contributed by atoms with Crippen molar-refractivity contribution in [2.45, 2.75) is 46.7 Å². The van der Waals surface area contributed by atoms with Crippen molar-refractivity contribution in [2.75, 3.05) is 18.5 Å². The summed E-state index contributed by atoms with van der Waals surface area (Å²) in [6.45, 7) is 8.67. The Kier molecular flexibility index (Phi) is 6.86. The van der Waals surface area contributed by atoms with Crippen molar-refractivity contribution < 1.29 is 14.3 Å². The van der Waals surface area contributed by atoms with E-state index in [1.54, 1.807) is 6.92 Å². The minimum Gasteiger partial charge on any atom is -0.462 e. The molecule has 1 aromatic carbocycles. The van der Waals surface area contributed by atoms with Crippen molar-refractivity contribution in [1.82, 2.24) is 4.90 Å². The van der Waals surface area contributed by atoms with Gasteiger partial charge in [0.05, 0.1) is 12.2 Å². The molecule has 0 saturated heterocycles. The second kappa shape index (κ2) is 9.34. The number of benzene rings is 1. The van der Waals surface area contributed by atoms with Crippen LogP contribution in [0.15, 0.2) is 30.3 Å². The number of carbonyl (C=O) groups is 2. The van der Waals surface area contributed by atoms with Crippen molar-refractivity contribution in [2.24, 2.45) is 5.92 Å². The summed E-state index contributed by atoms with van der Waals surface area (Å²) < 4.78 is 5.28. The second-order valence-corrected chi connectivity index (χ2v) is 8.63. The topological polar surface area (TPSA) is 58.6 Å². The van der Waals surface area contributed by atoms with E-state index in [-0.39, 0.29) is 17.8 Å². The molecule has 28 heavy (non-hydrogen) atoms. The Balaban J connectivity index is 1.82. The molecule has 1 N–H and O–H groups in total. The van der Waals surface area contributed by atoms with Gasteiger partial charge < -0.3 is 10.1 Å². The summed E-state index contributed by atoms with van der Waals surface area (Å²) in [7, 11) is 0. The van der Waals surface area contributed by atoms with Crippen LogP contribution in [0.5, 0.6) is 0 Å². The molecule has 0 aliphatic carbocycles. The molecule has 0 spiro atoms. The Labute approximate surface area is 170 Å². The molecule has 0 radical (unpaired) electrons. The number of carbonyl (C=O) groups excluding carboxylic acids is 2. The van der Waals surface area contributed by atoms with Gasteiger partial charge in [0.1, 0.15) is 5.00 Å². The third-order valence-corrected chi connectivity index (χ3v) is 5.84. The molecule has 1 aliphatic heterocycles. The molecule has 0 fully saturated rings. The number of fused-ring (bicyclic) bond motifs is 1. The lowest BCUT2D eigenvalue weighted by atomic mass is 10.0. The third-order valence-electron chi connectivity index (χ3n) is 4.71. The molecule has 2 heterocycles. The average Bonchev–Trinajstić information content (AvgIpc) is 2.99. The Hall–Kier alpha value is -2.18. The van der Waals surface area contributed by atoms with E-state index in [1.165, 1.54) is 16.9 Å². The first-order valence-corrected chi connectivity index (χ1v) is 10.7. The lowest BCUT2D eigenvalue weighted by Gasteiger charge is -2.27. The van der Waals surface area contributed by atoms with Gasteiger partial charge in [-0.3, -0.25) is 9.69 Å². The summed E-state index contributed by atoms with van der Waals surface area (Å²) in [5.41, 5.74) is 2.87. The van der Waals surface area contributed by atoms with Gasteiger partial charge in [-0.15, -0.1) is 11.3 Å². The van der Waals surface area contributed by atoms with E-state index in [0.29, 0.717) is 23.6 Å². The molecule has 1 aliphatic rings. The highest BCUT2D eigenvalue weighted by molar-refractivity contribution is 7.17. The maximum absolute atomic E-state index is 12.6. The monoisotopic (exact) mass is 400 g/mol. The Morgan fingerprint density at radius 1 is 1.25 bits per heavy atom. The summed E-state index contributed by atoms with van der Waals surface area (Å²) in [6, 6.07) is 10.4. The van der Waals surface area contributed by atoms with Crippen molar-refractivity contribution in [3.63, 3.8) is 0 Å². The fraction of sp³-hybridized carbons (Fsp3) is 0.455. The van der Waals surface area contributed by atoms with Gasteiger partial charge in [0.15, 0.2) is 0 Å².